The minimum absolute atomic E-state index is 0.0769. The number of carbonyl (C=O) groups is 1. The van der Waals surface area contributed by atoms with Gasteiger partial charge < -0.3 is 11.1 Å². The average molecular weight is 162 g/mol. The van der Waals surface area contributed by atoms with E-state index in [1.165, 1.54) is 0 Å². The third-order valence-corrected chi connectivity index (χ3v) is 2.12. The number of carbonyl (C=O) groups excluding carboxylic acids is 1. The van der Waals surface area contributed by atoms with E-state index in [0.29, 0.717) is 13.0 Å². The van der Waals surface area contributed by atoms with Gasteiger partial charge in [0.1, 0.15) is 0 Å². The fourth-order valence-electron chi connectivity index (χ4n) is 1.46. The lowest BCUT2D eigenvalue weighted by Crippen LogP contribution is -2.30. The molecule has 1 amide bonds. The van der Waals surface area contributed by atoms with Gasteiger partial charge in [-0.25, -0.2) is 0 Å². The van der Waals surface area contributed by atoms with Crippen LogP contribution in [0.1, 0.15) is 11.1 Å². The van der Waals surface area contributed by atoms with Crippen molar-refractivity contribution in [2.45, 2.75) is 13.0 Å². The van der Waals surface area contributed by atoms with Crippen LogP contribution >= 0.6 is 0 Å². The van der Waals surface area contributed by atoms with Crippen molar-refractivity contribution in [3.05, 3.63) is 29.3 Å². The quantitative estimate of drug-likeness (QED) is 0.544. The molecule has 1 aliphatic heterocycles. The summed E-state index contributed by atoms with van der Waals surface area (Å²) in [6, 6.07) is 5.69. The van der Waals surface area contributed by atoms with Gasteiger partial charge in [0.15, 0.2) is 0 Å². The molecule has 0 saturated carbocycles. The number of nitrogens with two attached hydrogens (primary N) is 1. The van der Waals surface area contributed by atoms with E-state index in [9.17, 15) is 4.79 Å². The van der Waals surface area contributed by atoms with Gasteiger partial charge in [0.25, 0.3) is 0 Å². The third kappa shape index (κ3) is 1.03. The molecule has 0 aliphatic carbocycles. The highest BCUT2D eigenvalue weighted by Gasteiger charge is 2.15. The first-order valence-corrected chi connectivity index (χ1v) is 3.90. The Bertz CT molecular complexity index is 333. The Morgan fingerprint density at radius 3 is 3.08 bits per heavy atom. The van der Waals surface area contributed by atoms with Crippen LogP contribution in [0, 0.1) is 0 Å². The number of nitrogens with one attached hydrogen (secondary N) is 1. The minimum atomic E-state index is 0.0769. The number of nitrogen functional groups attached to an aromatic ring is 1. The van der Waals surface area contributed by atoms with Crippen LogP contribution < -0.4 is 11.1 Å². The van der Waals surface area contributed by atoms with Gasteiger partial charge >= 0.3 is 0 Å². The topological polar surface area (TPSA) is 55.1 Å². The number of hydrogen-bond donors (Lipinski definition) is 2. The van der Waals surface area contributed by atoms with Crippen LogP contribution in [0.5, 0.6) is 0 Å². The average Bonchev–Trinajstić information content (AvgIpc) is 2.04. The number of benzene rings is 1. The summed E-state index contributed by atoms with van der Waals surface area (Å²) in [6.07, 6.45) is 0.459. The van der Waals surface area contributed by atoms with Crippen molar-refractivity contribution in [3.63, 3.8) is 0 Å². The molecule has 3 heteroatoms. The van der Waals surface area contributed by atoms with E-state index in [-0.39, 0.29) is 5.91 Å². The van der Waals surface area contributed by atoms with Crippen LogP contribution in [0.2, 0.25) is 0 Å². The molecule has 0 bridgehead atoms. The Morgan fingerprint density at radius 1 is 1.42 bits per heavy atom. The van der Waals surface area contributed by atoms with Gasteiger partial charge in [-0.1, -0.05) is 12.1 Å². The van der Waals surface area contributed by atoms with E-state index in [2.05, 4.69) is 5.32 Å². The van der Waals surface area contributed by atoms with Crippen LogP contribution in [0.25, 0.3) is 0 Å². The predicted octanol–water partition coefficient (Wildman–Crippen LogP) is 0.441. The van der Waals surface area contributed by atoms with E-state index in [1.54, 1.807) is 0 Å². The van der Waals surface area contributed by atoms with Crippen molar-refractivity contribution in [1.82, 2.24) is 5.32 Å². The number of anilines is 1. The lowest BCUT2D eigenvalue weighted by atomic mass is 9.99. The molecule has 1 aliphatic rings. The molecule has 0 fully saturated rings. The molecule has 0 aromatic heterocycles. The molecular formula is C9H10N2O. The Balaban J connectivity index is 2.48. The fraction of sp³-hybridized carbons (Fsp3) is 0.222. The molecule has 1 aromatic rings. The highest BCUT2D eigenvalue weighted by molar-refractivity contribution is 5.81. The van der Waals surface area contributed by atoms with Crippen LogP contribution in [0.15, 0.2) is 18.2 Å². The predicted molar refractivity (Wildman–Crippen MR) is 46.4 cm³/mol. The van der Waals surface area contributed by atoms with Gasteiger partial charge in [0, 0.05) is 12.2 Å². The Labute approximate surface area is 70.6 Å². The second-order valence-electron chi connectivity index (χ2n) is 2.94. The zero-order valence-electron chi connectivity index (χ0n) is 6.63. The third-order valence-electron chi connectivity index (χ3n) is 2.12. The normalized spacial score (nSPS) is 15.2. The molecule has 62 valence electrons. The molecule has 1 aromatic carbocycles. The van der Waals surface area contributed by atoms with Gasteiger partial charge in [0.05, 0.1) is 6.42 Å². The maximum atomic E-state index is 11.0. The van der Waals surface area contributed by atoms with Crippen molar-refractivity contribution in [2.75, 3.05) is 5.73 Å². The van der Waals surface area contributed by atoms with Crippen molar-refractivity contribution in [1.29, 1.82) is 0 Å². The van der Waals surface area contributed by atoms with Gasteiger partial charge in [-0.05, 0) is 17.2 Å². The van der Waals surface area contributed by atoms with Crippen molar-refractivity contribution in [3.8, 4) is 0 Å². The summed E-state index contributed by atoms with van der Waals surface area (Å²) in [5.41, 5.74) is 8.63. The fourth-order valence-corrected chi connectivity index (χ4v) is 1.46. The number of amides is 1. The first kappa shape index (κ1) is 7.16. The van der Waals surface area contributed by atoms with Gasteiger partial charge in [-0.3, -0.25) is 4.79 Å². The van der Waals surface area contributed by atoms with Gasteiger partial charge in [-0.15, -0.1) is 0 Å². The molecule has 0 saturated heterocycles. The van der Waals surface area contributed by atoms with Crippen LogP contribution in [0.3, 0.4) is 0 Å². The number of hydrogen-bond acceptors (Lipinski definition) is 2. The molecule has 0 atom stereocenters. The van der Waals surface area contributed by atoms with E-state index < -0.39 is 0 Å². The summed E-state index contributed by atoms with van der Waals surface area (Å²) < 4.78 is 0. The lowest BCUT2D eigenvalue weighted by molar-refractivity contribution is -0.121. The van der Waals surface area contributed by atoms with Crippen molar-refractivity contribution >= 4 is 11.6 Å². The smallest absolute Gasteiger partial charge is 0.224 e. The molecule has 0 radical (unpaired) electrons. The molecule has 2 rings (SSSR count). The lowest BCUT2D eigenvalue weighted by Gasteiger charge is -2.17. The molecular weight excluding hydrogens is 152 g/mol. The second-order valence-corrected chi connectivity index (χ2v) is 2.94. The minimum Gasteiger partial charge on any atom is -0.398 e. The number of fused-ring (bicyclic) bond motifs is 1. The maximum Gasteiger partial charge on any atom is 0.224 e. The number of rotatable bonds is 0. The first-order valence-electron chi connectivity index (χ1n) is 3.90. The van der Waals surface area contributed by atoms with Gasteiger partial charge in [0.2, 0.25) is 5.91 Å². The van der Waals surface area contributed by atoms with E-state index in [4.69, 9.17) is 5.73 Å². The summed E-state index contributed by atoms with van der Waals surface area (Å²) in [5, 5.41) is 2.76. The Hall–Kier alpha value is -1.51. The highest BCUT2D eigenvalue weighted by atomic mass is 16.1. The maximum absolute atomic E-state index is 11.0. The molecule has 0 unspecified atom stereocenters. The first-order chi connectivity index (χ1) is 5.77. The monoisotopic (exact) mass is 162 g/mol. The van der Waals surface area contributed by atoms with Crippen LogP contribution in [-0.2, 0) is 17.8 Å². The summed E-state index contributed by atoms with van der Waals surface area (Å²) in [4.78, 5) is 11.0. The second kappa shape index (κ2) is 2.52. The SMILES string of the molecule is Nc1cccc2c1CNC(=O)C2. The van der Waals surface area contributed by atoms with Crippen LogP contribution in [-0.4, -0.2) is 5.91 Å². The van der Waals surface area contributed by atoms with Crippen molar-refractivity contribution in [2.24, 2.45) is 0 Å². The summed E-state index contributed by atoms with van der Waals surface area (Å²) in [7, 11) is 0. The van der Waals surface area contributed by atoms with E-state index in [0.717, 1.165) is 16.8 Å². The van der Waals surface area contributed by atoms with E-state index in [1.807, 2.05) is 18.2 Å². The summed E-state index contributed by atoms with van der Waals surface area (Å²) in [6.45, 7) is 0.570. The summed E-state index contributed by atoms with van der Waals surface area (Å²) in [5.74, 6) is 0.0769. The zero-order chi connectivity index (χ0) is 8.55. The van der Waals surface area contributed by atoms with Crippen molar-refractivity contribution < 1.29 is 4.79 Å². The molecule has 12 heavy (non-hydrogen) atoms. The van der Waals surface area contributed by atoms with Gasteiger partial charge in [-0.2, -0.15) is 0 Å². The summed E-state index contributed by atoms with van der Waals surface area (Å²) >= 11 is 0. The molecule has 0 spiro atoms. The Morgan fingerprint density at radius 2 is 2.25 bits per heavy atom. The Kier molecular flexibility index (Phi) is 1.50. The largest absolute Gasteiger partial charge is 0.398 e. The van der Waals surface area contributed by atoms with E-state index >= 15 is 0 Å². The zero-order valence-corrected chi connectivity index (χ0v) is 6.63. The molecule has 1 heterocycles. The molecule has 3 nitrogen and oxygen atoms in total. The van der Waals surface area contributed by atoms with Crippen LogP contribution in [0.4, 0.5) is 5.69 Å². The highest BCUT2D eigenvalue weighted by Crippen LogP contribution is 2.19. The molecule has 3 N–H and O–H groups in total. The standard InChI is InChI=1S/C9H10N2O/c10-8-3-1-2-6-4-9(12)11-5-7(6)8/h1-3H,4-5,10H2,(H,11,12).